The molecule has 128 valence electrons. The van der Waals surface area contributed by atoms with E-state index in [2.05, 4.69) is 10.6 Å². The summed E-state index contributed by atoms with van der Waals surface area (Å²) >= 11 is 0. The minimum Gasteiger partial charge on any atom is -0.497 e. The second-order valence-corrected chi connectivity index (χ2v) is 6.03. The van der Waals surface area contributed by atoms with Crippen LogP contribution in [0.2, 0.25) is 0 Å². The Hall–Kier alpha value is -2.48. The fourth-order valence-electron chi connectivity index (χ4n) is 2.83. The topological polar surface area (TPSA) is 74.1 Å². The van der Waals surface area contributed by atoms with E-state index in [4.69, 9.17) is 10.00 Å². The Morgan fingerprint density at radius 2 is 2.00 bits per heavy atom. The Morgan fingerprint density at radius 3 is 2.62 bits per heavy atom. The predicted molar refractivity (Wildman–Crippen MR) is 93.4 cm³/mol. The van der Waals surface area contributed by atoms with Crippen molar-refractivity contribution in [1.29, 1.82) is 5.26 Å². The predicted octanol–water partition coefficient (Wildman–Crippen LogP) is 2.68. The molecule has 1 aliphatic carbocycles. The van der Waals surface area contributed by atoms with Crippen LogP contribution in [0.5, 0.6) is 5.75 Å². The SMILES string of the molecule is COc1ccc(CCNC(=O)/C(C#N)=C\NC2CCCCC2)cc1. The van der Waals surface area contributed by atoms with Crippen LogP contribution in [0.15, 0.2) is 36.0 Å². The summed E-state index contributed by atoms with van der Waals surface area (Å²) in [5.41, 5.74) is 1.24. The van der Waals surface area contributed by atoms with Crippen molar-refractivity contribution in [1.82, 2.24) is 10.6 Å². The number of carbonyl (C=O) groups excluding carboxylic acids is 1. The van der Waals surface area contributed by atoms with Gasteiger partial charge < -0.3 is 15.4 Å². The van der Waals surface area contributed by atoms with Crippen LogP contribution >= 0.6 is 0 Å². The lowest BCUT2D eigenvalue weighted by atomic mass is 9.96. The van der Waals surface area contributed by atoms with E-state index in [9.17, 15) is 4.79 Å². The highest BCUT2D eigenvalue weighted by molar-refractivity contribution is 5.97. The van der Waals surface area contributed by atoms with Crippen molar-refractivity contribution in [3.05, 3.63) is 41.6 Å². The van der Waals surface area contributed by atoms with Gasteiger partial charge in [-0.2, -0.15) is 5.26 Å². The third-order valence-corrected chi connectivity index (χ3v) is 4.29. The standard InChI is InChI=1S/C19H25N3O2/c1-24-18-9-7-15(8-10-18)11-12-21-19(23)16(13-20)14-22-17-5-3-2-4-6-17/h7-10,14,17,22H,2-6,11-12H2,1H3,(H,21,23)/b16-14-. The molecule has 1 aromatic carbocycles. The van der Waals surface area contributed by atoms with Crippen LogP contribution in [-0.2, 0) is 11.2 Å². The van der Waals surface area contributed by atoms with Gasteiger partial charge in [0.1, 0.15) is 17.4 Å². The van der Waals surface area contributed by atoms with Gasteiger partial charge in [-0.25, -0.2) is 0 Å². The number of methoxy groups -OCH3 is 1. The lowest BCUT2D eigenvalue weighted by Gasteiger charge is -2.21. The molecule has 1 aromatic rings. The summed E-state index contributed by atoms with van der Waals surface area (Å²) in [6.07, 6.45) is 8.19. The zero-order valence-electron chi connectivity index (χ0n) is 14.2. The molecule has 0 saturated heterocycles. The first-order valence-corrected chi connectivity index (χ1v) is 8.50. The number of carbonyl (C=O) groups is 1. The number of rotatable bonds is 7. The molecule has 2 N–H and O–H groups in total. The molecule has 0 bridgehead atoms. The number of ether oxygens (including phenoxy) is 1. The zero-order chi connectivity index (χ0) is 17.2. The summed E-state index contributed by atoms with van der Waals surface area (Å²) in [5, 5.41) is 15.2. The van der Waals surface area contributed by atoms with E-state index in [1.54, 1.807) is 13.3 Å². The monoisotopic (exact) mass is 327 g/mol. The Kier molecular flexibility index (Phi) is 7.16. The van der Waals surface area contributed by atoms with E-state index < -0.39 is 0 Å². The molecule has 0 unspecified atom stereocenters. The van der Waals surface area contributed by atoms with E-state index in [0.717, 1.165) is 24.2 Å². The average Bonchev–Trinajstić information content (AvgIpc) is 2.63. The van der Waals surface area contributed by atoms with Crippen molar-refractivity contribution in [2.24, 2.45) is 0 Å². The molecule has 1 saturated carbocycles. The van der Waals surface area contributed by atoms with Gasteiger partial charge in [0.2, 0.25) is 0 Å². The van der Waals surface area contributed by atoms with Crippen molar-refractivity contribution in [3.8, 4) is 11.8 Å². The largest absolute Gasteiger partial charge is 0.497 e. The molecule has 0 heterocycles. The third kappa shape index (κ3) is 5.62. The molecule has 5 heteroatoms. The van der Waals surface area contributed by atoms with Gasteiger partial charge >= 0.3 is 0 Å². The molecule has 0 spiro atoms. The van der Waals surface area contributed by atoms with Gasteiger partial charge in [0, 0.05) is 18.8 Å². The summed E-state index contributed by atoms with van der Waals surface area (Å²) in [5.74, 6) is 0.487. The van der Waals surface area contributed by atoms with Gasteiger partial charge in [0.15, 0.2) is 0 Å². The first-order chi connectivity index (χ1) is 11.7. The number of benzene rings is 1. The van der Waals surface area contributed by atoms with Crippen LogP contribution in [0, 0.1) is 11.3 Å². The highest BCUT2D eigenvalue weighted by Gasteiger charge is 2.13. The summed E-state index contributed by atoms with van der Waals surface area (Å²) in [6.45, 7) is 0.494. The Morgan fingerprint density at radius 1 is 1.29 bits per heavy atom. The second-order valence-electron chi connectivity index (χ2n) is 6.03. The maximum Gasteiger partial charge on any atom is 0.263 e. The molecule has 24 heavy (non-hydrogen) atoms. The molecule has 2 rings (SSSR count). The Bertz CT molecular complexity index is 596. The normalized spacial score (nSPS) is 15.4. The van der Waals surface area contributed by atoms with E-state index in [1.165, 1.54) is 19.3 Å². The quantitative estimate of drug-likeness (QED) is 0.596. The van der Waals surface area contributed by atoms with Gasteiger partial charge in [0.25, 0.3) is 5.91 Å². The van der Waals surface area contributed by atoms with Crippen molar-refractivity contribution in [3.63, 3.8) is 0 Å². The lowest BCUT2D eigenvalue weighted by Crippen LogP contribution is -2.30. The highest BCUT2D eigenvalue weighted by atomic mass is 16.5. The minimum atomic E-state index is -0.325. The third-order valence-electron chi connectivity index (χ3n) is 4.29. The van der Waals surface area contributed by atoms with Crippen LogP contribution in [0.3, 0.4) is 0 Å². The number of hydrogen-bond acceptors (Lipinski definition) is 4. The first-order valence-electron chi connectivity index (χ1n) is 8.50. The van der Waals surface area contributed by atoms with Crippen LogP contribution in [0.25, 0.3) is 0 Å². The van der Waals surface area contributed by atoms with Gasteiger partial charge in [0.05, 0.1) is 7.11 Å². The average molecular weight is 327 g/mol. The molecule has 1 aliphatic rings. The van der Waals surface area contributed by atoms with Crippen molar-refractivity contribution < 1.29 is 9.53 Å². The van der Waals surface area contributed by atoms with Crippen molar-refractivity contribution in [2.45, 2.75) is 44.6 Å². The maximum atomic E-state index is 12.1. The molecule has 0 aromatic heterocycles. The molecule has 1 amide bonds. The van der Waals surface area contributed by atoms with Crippen molar-refractivity contribution in [2.75, 3.05) is 13.7 Å². The van der Waals surface area contributed by atoms with E-state index in [-0.39, 0.29) is 11.5 Å². The molecule has 0 atom stereocenters. The van der Waals surface area contributed by atoms with E-state index >= 15 is 0 Å². The molecular formula is C19H25N3O2. The smallest absolute Gasteiger partial charge is 0.263 e. The van der Waals surface area contributed by atoms with Gasteiger partial charge in [-0.3, -0.25) is 4.79 Å². The molecule has 5 nitrogen and oxygen atoms in total. The number of nitrogens with one attached hydrogen (secondary N) is 2. The minimum absolute atomic E-state index is 0.135. The first kappa shape index (κ1) is 17.9. The second kappa shape index (κ2) is 9.61. The van der Waals surface area contributed by atoms with Crippen LogP contribution < -0.4 is 15.4 Å². The number of nitrogens with zero attached hydrogens (tertiary/aromatic N) is 1. The number of amides is 1. The van der Waals surface area contributed by atoms with Crippen LogP contribution in [-0.4, -0.2) is 25.6 Å². The van der Waals surface area contributed by atoms with Crippen molar-refractivity contribution >= 4 is 5.91 Å². The summed E-state index contributed by atoms with van der Waals surface area (Å²) in [7, 11) is 1.63. The molecule has 0 radical (unpaired) electrons. The van der Waals surface area contributed by atoms with E-state index in [1.807, 2.05) is 30.3 Å². The van der Waals surface area contributed by atoms with Gasteiger partial charge in [-0.1, -0.05) is 31.4 Å². The maximum absolute atomic E-state index is 12.1. The van der Waals surface area contributed by atoms with Gasteiger partial charge in [-0.05, 0) is 37.0 Å². The van der Waals surface area contributed by atoms with Crippen LogP contribution in [0.4, 0.5) is 0 Å². The zero-order valence-corrected chi connectivity index (χ0v) is 14.2. The fourth-order valence-corrected chi connectivity index (χ4v) is 2.83. The van der Waals surface area contributed by atoms with Gasteiger partial charge in [-0.15, -0.1) is 0 Å². The molecule has 1 fully saturated rings. The Balaban J connectivity index is 1.77. The molecule has 0 aliphatic heterocycles. The fraction of sp³-hybridized carbons (Fsp3) is 0.474. The number of hydrogen-bond donors (Lipinski definition) is 2. The Labute approximate surface area is 143 Å². The highest BCUT2D eigenvalue weighted by Crippen LogP contribution is 2.17. The van der Waals surface area contributed by atoms with E-state index in [0.29, 0.717) is 19.0 Å². The molecular weight excluding hydrogens is 302 g/mol. The number of nitriles is 1. The summed E-state index contributed by atoms with van der Waals surface area (Å²) < 4.78 is 5.11. The van der Waals surface area contributed by atoms with Crippen LogP contribution in [0.1, 0.15) is 37.7 Å². The lowest BCUT2D eigenvalue weighted by molar-refractivity contribution is -0.117. The summed E-state index contributed by atoms with van der Waals surface area (Å²) in [6, 6.07) is 10.1. The summed E-state index contributed by atoms with van der Waals surface area (Å²) in [4.78, 5) is 12.1.